The largest absolute Gasteiger partial charge is 0.324 e. The van der Waals surface area contributed by atoms with Crippen molar-refractivity contribution in [1.82, 2.24) is 14.6 Å². The van der Waals surface area contributed by atoms with E-state index in [-0.39, 0.29) is 6.04 Å². The van der Waals surface area contributed by atoms with E-state index in [0.29, 0.717) is 0 Å². The van der Waals surface area contributed by atoms with E-state index >= 15 is 0 Å². The van der Waals surface area contributed by atoms with Crippen LogP contribution in [0, 0.1) is 0 Å². The molecule has 3 aromatic rings. The average molecular weight is 331 g/mol. The second kappa shape index (κ2) is 5.73. The molecule has 3 rings (SSSR count). The second-order valence-electron chi connectivity index (χ2n) is 4.75. The van der Waals surface area contributed by atoms with E-state index < -0.39 is 0 Å². The highest BCUT2D eigenvalue weighted by molar-refractivity contribution is 9.10. The van der Waals surface area contributed by atoms with E-state index in [2.05, 4.69) is 38.3 Å². The number of rotatable bonds is 4. The van der Waals surface area contributed by atoms with Crippen molar-refractivity contribution in [3.8, 4) is 0 Å². The molecule has 0 fully saturated rings. The number of halogens is 1. The van der Waals surface area contributed by atoms with E-state index in [9.17, 15) is 0 Å². The molecule has 0 saturated heterocycles. The van der Waals surface area contributed by atoms with Crippen LogP contribution in [0.5, 0.6) is 0 Å². The highest BCUT2D eigenvalue weighted by Crippen LogP contribution is 2.17. The van der Waals surface area contributed by atoms with Gasteiger partial charge in [0.25, 0.3) is 0 Å². The molecule has 2 aromatic heterocycles. The topological polar surface area (TPSA) is 56.2 Å². The fourth-order valence-corrected chi connectivity index (χ4v) is 2.57. The van der Waals surface area contributed by atoms with Gasteiger partial charge in [0.05, 0.1) is 0 Å². The van der Waals surface area contributed by atoms with E-state index in [1.807, 2.05) is 40.9 Å². The minimum Gasteiger partial charge on any atom is -0.324 e. The third-order valence-electron chi connectivity index (χ3n) is 3.34. The lowest BCUT2D eigenvalue weighted by Crippen LogP contribution is -2.12. The first-order valence-corrected chi connectivity index (χ1v) is 7.33. The number of fused-ring (bicyclic) bond motifs is 1. The first-order chi connectivity index (χ1) is 9.74. The molecule has 0 radical (unpaired) electrons. The van der Waals surface area contributed by atoms with E-state index in [1.165, 1.54) is 0 Å². The normalized spacial score (nSPS) is 12.7. The van der Waals surface area contributed by atoms with E-state index in [4.69, 9.17) is 5.73 Å². The summed E-state index contributed by atoms with van der Waals surface area (Å²) in [6.45, 7) is 0. The summed E-state index contributed by atoms with van der Waals surface area (Å²) in [6.07, 6.45) is 3.63. The van der Waals surface area contributed by atoms with Crippen LogP contribution in [0.1, 0.15) is 23.9 Å². The number of nitrogens with two attached hydrogens (primary N) is 1. The Balaban J connectivity index is 1.75. The molecule has 2 heterocycles. The van der Waals surface area contributed by atoms with Crippen molar-refractivity contribution < 1.29 is 0 Å². The van der Waals surface area contributed by atoms with Gasteiger partial charge in [-0.05, 0) is 40.0 Å². The van der Waals surface area contributed by atoms with Crippen LogP contribution in [0.25, 0.3) is 5.65 Å². The minimum absolute atomic E-state index is 0.0238. The van der Waals surface area contributed by atoms with Crippen LogP contribution in [-0.4, -0.2) is 14.6 Å². The maximum atomic E-state index is 6.22. The number of nitrogens with zero attached hydrogens (tertiary/aromatic N) is 3. The third-order valence-corrected chi connectivity index (χ3v) is 3.81. The van der Waals surface area contributed by atoms with Crippen molar-refractivity contribution in [2.45, 2.75) is 18.9 Å². The van der Waals surface area contributed by atoms with Crippen LogP contribution in [0.3, 0.4) is 0 Å². The molecule has 4 nitrogen and oxygen atoms in total. The molecule has 0 spiro atoms. The van der Waals surface area contributed by atoms with Gasteiger partial charge in [0.1, 0.15) is 5.82 Å². The molecular formula is C15H15BrN4. The van der Waals surface area contributed by atoms with Crippen LogP contribution in [0.15, 0.2) is 53.1 Å². The average Bonchev–Trinajstić information content (AvgIpc) is 2.88. The highest BCUT2D eigenvalue weighted by Gasteiger charge is 2.10. The Morgan fingerprint density at radius 3 is 2.70 bits per heavy atom. The molecule has 0 bridgehead atoms. The van der Waals surface area contributed by atoms with Gasteiger partial charge in [0.15, 0.2) is 5.65 Å². The number of pyridine rings is 1. The van der Waals surface area contributed by atoms with Gasteiger partial charge in [-0.15, -0.1) is 10.2 Å². The summed E-state index contributed by atoms with van der Waals surface area (Å²) < 4.78 is 3.01. The van der Waals surface area contributed by atoms with Crippen LogP contribution in [0.2, 0.25) is 0 Å². The van der Waals surface area contributed by atoms with Gasteiger partial charge < -0.3 is 5.73 Å². The molecule has 0 saturated carbocycles. The molecule has 0 aliphatic heterocycles. The lowest BCUT2D eigenvalue weighted by molar-refractivity contribution is 0.631. The van der Waals surface area contributed by atoms with Gasteiger partial charge in [-0.2, -0.15) is 0 Å². The summed E-state index contributed by atoms with van der Waals surface area (Å²) in [5, 5.41) is 8.40. The monoisotopic (exact) mass is 330 g/mol. The molecule has 2 N–H and O–H groups in total. The Morgan fingerprint density at radius 2 is 1.90 bits per heavy atom. The van der Waals surface area contributed by atoms with Crippen LogP contribution in [-0.2, 0) is 6.42 Å². The Hall–Kier alpha value is -1.72. The van der Waals surface area contributed by atoms with Gasteiger partial charge in [-0.3, -0.25) is 4.40 Å². The Kier molecular flexibility index (Phi) is 3.80. The van der Waals surface area contributed by atoms with Gasteiger partial charge in [-0.1, -0.05) is 30.3 Å². The third kappa shape index (κ3) is 2.73. The number of aromatic nitrogens is 3. The summed E-state index contributed by atoms with van der Waals surface area (Å²) >= 11 is 3.47. The predicted molar refractivity (Wildman–Crippen MR) is 82.4 cm³/mol. The summed E-state index contributed by atoms with van der Waals surface area (Å²) in [4.78, 5) is 0. The number of hydrogen-bond acceptors (Lipinski definition) is 3. The zero-order valence-electron chi connectivity index (χ0n) is 10.9. The van der Waals surface area contributed by atoms with Crippen molar-refractivity contribution in [3.05, 3.63) is 64.5 Å². The second-order valence-corrected chi connectivity index (χ2v) is 5.66. The number of benzene rings is 1. The molecule has 1 aromatic carbocycles. The molecule has 102 valence electrons. The SMILES string of the molecule is NC(CCc1nnc2ccc(Br)cn12)c1ccccc1. The van der Waals surface area contributed by atoms with Crippen molar-refractivity contribution >= 4 is 21.6 Å². The molecule has 5 heteroatoms. The van der Waals surface area contributed by atoms with Crippen molar-refractivity contribution in [1.29, 1.82) is 0 Å². The standard InChI is InChI=1S/C15H15BrN4/c16-12-6-8-14-18-19-15(20(14)10-12)9-7-13(17)11-4-2-1-3-5-11/h1-6,8,10,13H,7,9,17H2. The Labute approximate surface area is 125 Å². The van der Waals surface area contributed by atoms with Crippen LogP contribution >= 0.6 is 15.9 Å². The van der Waals surface area contributed by atoms with Gasteiger partial charge in [0.2, 0.25) is 0 Å². The highest BCUT2D eigenvalue weighted by atomic mass is 79.9. The van der Waals surface area contributed by atoms with Gasteiger partial charge in [-0.25, -0.2) is 0 Å². The first kappa shape index (κ1) is 13.3. The molecule has 1 unspecified atom stereocenters. The van der Waals surface area contributed by atoms with Crippen molar-refractivity contribution in [3.63, 3.8) is 0 Å². The fourth-order valence-electron chi connectivity index (χ4n) is 2.23. The zero-order valence-corrected chi connectivity index (χ0v) is 12.5. The van der Waals surface area contributed by atoms with Crippen molar-refractivity contribution in [2.24, 2.45) is 5.73 Å². The fraction of sp³-hybridized carbons (Fsp3) is 0.200. The number of aryl methyl sites for hydroxylation is 1. The Morgan fingerprint density at radius 1 is 1.10 bits per heavy atom. The van der Waals surface area contributed by atoms with Crippen LogP contribution < -0.4 is 5.73 Å². The molecule has 0 aliphatic rings. The molecule has 1 atom stereocenters. The lowest BCUT2D eigenvalue weighted by atomic mass is 10.0. The lowest BCUT2D eigenvalue weighted by Gasteiger charge is -2.11. The molecule has 0 amide bonds. The summed E-state index contributed by atoms with van der Waals surface area (Å²) in [5.41, 5.74) is 8.23. The van der Waals surface area contributed by atoms with Crippen molar-refractivity contribution in [2.75, 3.05) is 0 Å². The van der Waals surface area contributed by atoms with Crippen LogP contribution in [0.4, 0.5) is 0 Å². The summed E-state index contributed by atoms with van der Waals surface area (Å²) in [5.74, 6) is 0.938. The van der Waals surface area contributed by atoms with Gasteiger partial charge in [0, 0.05) is 23.1 Å². The quantitative estimate of drug-likeness (QED) is 0.799. The maximum Gasteiger partial charge on any atom is 0.160 e. The van der Waals surface area contributed by atoms with E-state index in [1.54, 1.807) is 0 Å². The van der Waals surface area contributed by atoms with Gasteiger partial charge >= 0.3 is 0 Å². The minimum atomic E-state index is 0.0238. The summed E-state index contributed by atoms with van der Waals surface area (Å²) in [7, 11) is 0. The molecule has 0 aliphatic carbocycles. The number of hydrogen-bond donors (Lipinski definition) is 1. The Bertz CT molecular complexity index is 708. The van der Waals surface area contributed by atoms with E-state index in [0.717, 1.165) is 34.3 Å². The molecular weight excluding hydrogens is 316 g/mol. The summed E-state index contributed by atoms with van der Waals surface area (Å²) in [6, 6.07) is 14.1. The molecule has 20 heavy (non-hydrogen) atoms. The maximum absolute atomic E-state index is 6.22. The zero-order chi connectivity index (χ0) is 13.9. The smallest absolute Gasteiger partial charge is 0.160 e. The predicted octanol–water partition coefficient (Wildman–Crippen LogP) is 3.12. The first-order valence-electron chi connectivity index (χ1n) is 6.54.